The first-order valence-corrected chi connectivity index (χ1v) is 12.0. The Bertz CT molecular complexity index is 1210. The summed E-state index contributed by atoms with van der Waals surface area (Å²) in [4.78, 5) is 42.7. The highest BCUT2D eigenvalue weighted by atomic mass is 16.3. The van der Waals surface area contributed by atoms with Crippen LogP contribution < -0.4 is 10.6 Å². The van der Waals surface area contributed by atoms with Crippen molar-refractivity contribution in [2.24, 2.45) is 11.8 Å². The van der Waals surface area contributed by atoms with E-state index in [1.807, 2.05) is 24.3 Å². The molecule has 8 heteroatoms. The number of nitrogens with one attached hydrogen (secondary N) is 2. The highest BCUT2D eigenvalue weighted by Crippen LogP contribution is 2.54. The number of rotatable bonds is 3. The predicted octanol–water partition coefficient (Wildman–Crippen LogP) is 2.39. The molecule has 1 aliphatic carbocycles. The number of carbonyl (C=O) groups excluding carboxylic acids is 3. The van der Waals surface area contributed by atoms with Crippen LogP contribution in [0.15, 0.2) is 42.5 Å². The van der Waals surface area contributed by atoms with E-state index in [0.29, 0.717) is 23.2 Å². The zero-order chi connectivity index (χ0) is 23.6. The van der Waals surface area contributed by atoms with E-state index in [9.17, 15) is 24.6 Å². The summed E-state index contributed by atoms with van der Waals surface area (Å²) in [7, 11) is 0. The summed E-state index contributed by atoms with van der Waals surface area (Å²) >= 11 is 0. The number of hydrogen-bond donors (Lipinski definition) is 4. The van der Waals surface area contributed by atoms with Crippen molar-refractivity contribution in [1.29, 1.82) is 0 Å². The zero-order valence-electron chi connectivity index (χ0n) is 18.7. The minimum Gasteiger partial charge on any atom is -0.504 e. The molecule has 1 spiro atoms. The first-order chi connectivity index (χ1) is 16.4. The van der Waals surface area contributed by atoms with Gasteiger partial charge in [-0.1, -0.05) is 43.5 Å². The van der Waals surface area contributed by atoms with Crippen LogP contribution in [-0.2, 0) is 26.3 Å². The number of phenolic OH excluding ortho intramolecular Hbond substituents is 2. The summed E-state index contributed by atoms with van der Waals surface area (Å²) in [5, 5.41) is 26.0. The van der Waals surface area contributed by atoms with E-state index in [0.717, 1.165) is 32.1 Å². The lowest BCUT2D eigenvalue weighted by atomic mass is 9.76. The minimum absolute atomic E-state index is 0.116. The normalized spacial score (nSPS) is 30.6. The van der Waals surface area contributed by atoms with Gasteiger partial charge in [0.2, 0.25) is 17.7 Å². The van der Waals surface area contributed by atoms with Gasteiger partial charge in [0, 0.05) is 23.3 Å². The molecule has 3 fully saturated rings. The van der Waals surface area contributed by atoms with Crippen molar-refractivity contribution in [2.45, 2.75) is 56.1 Å². The molecule has 2 aromatic carbocycles. The van der Waals surface area contributed by atoms with Crippen LogP contribution in [0.4, 0.5) is 5.69 Å². The Balaban J connectivity index is 1.45. The highest BCUT2D eigenvalue weighted by molar-refractivity contribution is 6.15. The summed E-state index contributed by atoms with van der Waals surface area (Å²) < 4.78 is 0. The Morgan fingerprint density at radius 3 is 2.47 bits per heavy atom. The van der Waals surface area contributed by atoms with Crippen molar-refractivity contribution in [3.05, 3.63) is 53.6 Å². The molecule has 4 aliphatic rings. The van der Waals surface area contributed by atoms with Crippen LogP contribution >= 0.6 is 0 Å². The van der Waals surface area contributed by atoms with E-state index in [4.69, 9.17) is 0 Å². The van der Waals surface area contributed by atoms with Crippen LogP contribution in [0.3, 0.4) is 0 Å². The zero-order valence-corrected chi connectivity index (χ0v) is 18.7. The lowest BCUT2D eigenvalue weighted by molar-refractivity contribution is -0.146. The average molecular weight is 462 g/mol. The average Bonchev–Trinajstić information content (AvgIpc) is 3.41. The molecule has 6 rings (SSSR count). The van der Waals surface area contributed by atoms with Gasteiger partial charge >= 0.3 is 0 Å². The van der Waals surface area contributed by atoms with Gasteiger partial charge in [0.25, 0.3) is 0 Å². The molecule has 176 valence electrons. The van der Waals surface area contributed by atoms with Crippen molar-refractivity contribution in [3.63, 3.8) is 0 Å². The van der Waals surface area contributed by atoms with Crippen molar-refractivity contribution in [1.82, 2.24) is 10.2 Å². The lowest BCUT2D eigenvalue weighted by Gasteiger charge is -2.34. The SMILES string of the molecule is O=C1[C@@H]2[C@H](Cc3ccc(O)c(O)c3)N[C@@]3(C(=O)Nc4ccccc43)[C@H]2C(=O)N1C1CCCCC1. The Labute approximate surface area is 197 Å². The molecule has 0 aromatic heterocycles. The molecule has 0 unspecified atom stereocenters. The number of anilines is 1. The molecular formula is C26H27N3O5. The topological polar surface area (TPSA) is 119 Å². The molecule has 8 nitrogen and oxygen atoms in total. The number of carbonyl (C=O) groups is 3. The molecule has 2 saturated heterocycles. The van der Waals surface area contributed by atoms with Crippen LogP contribution in [0.25, 0.3) is 0 Å². The lowest BCUT2D eigenvalue weighted by Crippen LogP contribution is -2.54. The third kappa shape index (κ3) is 2.84. The van der Waals surface area contributed by atoms with Crippen LogP contribution in [0.5, 0.6) is 11.5 Å². The second-order valence-corrected chi connectivity index (χ2v) is 9.93. The Hall–Kier alpha value is -3.39. The third-order valence-electron chi connectivity index (χ3n) is 8.09. The van der Waals surface area contributed by atoms with Crippen molar-refractivity contribution in [2.75, 3.05) is 5.32 Å². The van der Waals surface area contributed by atoms with Gasteiger partial charge in [-0.2, -0.15) is 0 Å². The largest absolute Gasteiger partial charge is 0.504 e. The molecule has 2 aromatic rings. The summed E-state index contributed by atoms with van der Waals surface area (Å²) in [6.07, 6.45) is 5.00. The fourth-order valence-corrected chi connectivity index (χ4v) is 6.60. The van der Waals surface area contributed by atoms with Gasteiger partial charge in [0.05, 0.1) is 11.8 Å². The first-order valence-electron chi connectivity index (χ1n) is 12.0. The van der Waals surface area contributed by atoms with E-state index in [1.54, 1.807) is 6.07 Å². The molecule has 0 bridgehead atoms. The maximum Gasteiger partial charge on any atom is 0.250 e. The number of fused-ring (bicyclic) bond motifs is 4. The van der Waals surface area contributed by atoms with Gasteiger partial charge < -0.3 is 15.5 Å². The van der Waals surface area contributed by atoms with Gasteiger partial charge in [-0.25, -0.2) is 0 Å². The Kier molecular flexibility index (Phi) is 4.71. The molecule has 4 N–H and O–H groups in total. The predicted molar refractivity (Wildman–Crippen MR) is 123 cm³/mol. The fourth-order valence-electron chi connectivity index (χ4n) is 6.60. The molecule has 34 heavy (non-hydrogen) atoms. The van der Waals surface area contributed by atoms with Crippen LogP contribution in [-0.4, -0.2) is 44.9 Å². The van der Waals surface area contributed by atoms with Crippen molar-refractivity contribution >= 4 is 23.4 Å². The molecule has 3 heterocycles. The van der Waals surface area contributed by atoms with E-state index in [-0.39, 0.29) is 35.3 Å². The quantitative estimate of drug-likeness (QED) is 0.412. The number of nitrogens with zero attached hydrogens (tertiary/aromatic N) is 1. The number of hydrogen-bond acceptors (Lipinski definition) is 6. The maximum absolute atomic E-state index is 13.9. The van der Waals surface area contributed by atoms with Crippen molar-refractivity contribution in [3.8, 4) is 11.5 Å². The number of phenols is 2. The number of aromatic hydroxyl groups is 2. The van der Waals surface area contributed by atoms with Gasteiger partial charge in [0.1, 0.15) is 5.54 Å². The second-order valence-electron chi connectivity index (χ2n) is 9.93. The van der Waals surface area contributed by atoms with Crippen LogP contribution in [0.1, 0.15) is 43.2 Å². The van der Waals surface area contributed by atoms with E-state index >= 15 is 0 Å². The Morgan fingerprint density at radius 1 is 0.941 bits per heavy atom. The Morgan fingerprint density at radius 2 is 1.71 bits per heavy atom. The number of amides is 3. The van der Waals surface area contributed by atoms with E-state index in [2.05, 4.69) is 10.6 Å². The van der Waals surface area contributed by atoms with Gasteiger partial charge in [-0.05, 0) is 43.0 Å². The molecule has 1 saturated carbocycles. The van der Waals surface area contributed by atoms with Crippen molar-refractivity contribution < 1.29 is 24.6 Å². The fraction of sp³-hybridized carbons (Fsp3) is 0.423. The summed E-state index contributed by atoms with van der Waals surface area (Å²) in [6, 6.07) is 11.3. The number of para-hydroxylation sites is 1. The number of benzene rings is 2. The highest BCUT2D eigenvalue weighted by Gasteiger charge is 2.70. The third-order valence-corrected chi connectivity index (χ3v) is 8.09. The van der Waals surface area contributed by atoms with E-state index in [1.165, 1.54) is 17.0 Å². The molecule has 3 amide bonds. The van der Waals surface area contributed by atoms with Crippen LogP contribution in [0, 0.1) is 11.8 Å². The standard InChI is InChI=1S/C26H27N3O5/c30-19-11-10-14(13-20(19)31)12-18-21-22(24(33)29(23(21)32)15-6-2-1-3-7-15)26(28-18)16-8-4-5-9-17(16)27-25(26)34/h4-5,8-11,13,15,18,21-22,28,30-31H,1-3,6-7,12H2,(H,27,34)/t18-,21+,22+,26+/m0/s1. The summed E-state index contributed by atoms with van der Waals surface area (Å²) in [5.41, 5.74) is 0.725. The van der Waals surface area contributed by atoms with Gasteiger partial charge in [-0.3, -0.25) is 24.6 Å². The second kappa shape index (κ2) is 7.56. The van der Waals surface area contributed by atoms with Gasteiger partial charge in [-0.15, -0.1) is 0 Å². The van der Waals surface area contributed by atoms with Gasteiger partial charge in [0.15, 0.2) is 11.5 Å². The van der Waals surface area contributed by atoms with E-state index < -0.39 is 23.4 Å². The van der Waals surface area contributed by atoms with Crippen LogP contribution in [0.2, 0.25) is 0 Å². The first kappa shape index (κ1) is 21.2. The maximum atomic E-state index is 13.9. The molecule has 4 atom stereocenters. The summed E-state index contributed by atoms with van der Waals surface area (Å²) in [6.45, 7) is 0. The number of imide groups is 1. The smallest absolute Gasteiger partial charge is 0.250 e. The summed E-state index contributed by atoms with van der Waals surface area (Å²) in [5.74, 6) is -2.79. The molecular weight excluding hydrogens is 434 g/mol. The molecule has 0 radical (unpaired) electrons. The minimum atomic E-state index is -1.32. The molecule has 3 aliphatic heterocycles. The monoisotopic (exact) mass is 461 g/mol. The number of likely N-dealkylation sites (tertiary alicyclic amines) is 1.